The molecule has 1 fully saturated rings. The lowest BCUT2D eigenvalue weighted by molar-refractivity contribution is 0.145. The molecule has 1 aliphatic heterocycles. The summed E-state index contributed by atoms with van der Waals surface area (Å²) in [5, 5.41) is 4.14. The van der Waals surface area contributed by atoms with Gasteiger partial charge in [0.25, 0.3) is 0 Å². The summed E-state index contributed by atoms with van der Waals surface area (Å²) in [6, 6.07) is 11.4. The zero-order valence-electron chi connectivity index (χ0n) is 17.7. The Morgan fingerprint density at radius 2 is 1.77 bits per heavy atom. The molecule has 1 aromatic carbocycles. The van der Waals surface area contributed by atoms with Crippen LogP contribution in [0.25, 0.3) is 0 Å². The number of aromatic nitrogens is 1. The zero-order valence-corrected chi connectivity index (χ0v) is 20.2. The summed E-state index contributed by atoms with van der Waals surface area (Å²) in [5.41, 5.74) is 3.86. The molecule has 0 radical (unpaired) electrons. The van der Waals surface area contributed by atoms with E-state index >= 15 is 0 Å². The molecule has 8 heteroatoms. The van der Waals surface area contributed by atoms with Crippen LogP contribution in [0, 0.1) is 0 Å². The summed E-state index contributed by atoms with van der Waals surface area (Å²) >= 11 is 0. The van der Waals surface area contributed by atoms with Crippen LogP contribution in [0.5, 0.6) is 0 Å². The Morgan fingerprint density at radius 1 is 1.03 bits per heavy atom. The molecule has 170 valence electrons. The summed E-state index contributed by atoms with van der Waals surface area (Å²) in [6.07, 6.45) is 6.44. The molecule has 0 amide bonds. The minimum atomic E-state index is 0. The van der Waals surface area contributed by atoms with Gasteiger partial charge in [-0.3, -0.25) is 9.80 Å². The quantitative estimate of drug-likeness (QED) is 0.593. The summed E-state index contributed by atoms with van der Waals surface area (Å²) < 4.78 is 5.18. The molecule has 4 rings (SSSR count). The average Bonchev–Trinajstić information content (AvgIpc) is 3.20. The number of fused-ring (bicyclic) bond motifs is 1. The number of hydrogen-bond donors (Lipinski definition) is 0. The van der Waals surface area contributed by atoms with Crippen molar-refractivity contribution in [3.05, 3.63) is 47.9 Å². The van der Waals surface area contributed by atoms with Crippen LogP contribution in [0.1, 0.15) is 31.0 Å². The van der Waals surface area contributed by atoms with Gasteiger partial charge in [0.2, 0.25) is 0 Å². The van der Waals surface area contributed by atoms with Crippen molar-refractivity contribution in [1.29, 1.82) is 0 Å². The minimum absolute atomic E-state index is 0. The maximum atomic E-state index is 5.18. The second kappa shape index (κ2) is 13.4. The molecule has 0 bridgehead atoms. The first kappa shape index (κ1) is 27.1. The molecule has 0 N–H and O–H groups in total. The van der Waals surface area contributed by atoms with Crippen molar-refractivity contribution < 1.29 is 4.52 Å². The maximum Gasteiger partial charge on any atom is 0.127 e. The highest BCUT2D eigenvalue weighted by molar-refractivity contribution is 5.86. The fraction of sp³-hybridized carbons (Fsp3) is 0.591. The van der Waals surface area contributed by atoms with Crippen molar-refractivity contribution >= 4 is 42.9 Å². The van der Waals surface area contributed by atoms with E-state index in [1.807, 2.05) is 6.26 Å². The predicted octanol–water partition coefficient (Wildman–Crippen LogP) is 4.33. The van der Waals surface area contributed by atoms with Crippen LogP contribution >= 0.6 is 37.2 Å². The van der Waals surface area contributed by atoms with Crippen molar-refractivity contribution in [2.24, 2.45) is 0 Å². The SMILES string of the molecule is CCCN(CCN1CCN(c2ccccc2)CC1)C1CCc2nocc2C1.Cl.Cl.Cl. The van der Waals surface area contributed by atoms with Gasteiger partial charge in [-0.25, -0.2) is 0 Å². The van der Waals surface area contributed by atoms with Crippen LogP contribution < -0.4 is 4.90 Å². The van der Waals surface area contributed by atoms with Gasteiger partial charge in [0, 0.05) is 56.6 Å². The van der Waals surface area contributed by atoms with Gasteiger partial charge in [0.1, 0.15) is 6.26 Å². The number of para-hydroxylation sites is 1. The minimum Gasteiger partial charge on any atom is -0.369 e. The molecule has 30 heavy (non-hydrogen) atoms. The second-order valence-corrected chi connectivity index (χ2v) is 7.88. The first-order valence-corrected chi connectivity index (χ1v) is 10.5. The average molecular weight is 478 g/mol. The third kappa shape index (κ3) is 6.76. The van der Waals surface area contributed by atoms with Crippen molar-refractivity contribution in [1.82, 2.24) is 15.0 Å². The van der Waals surface area contributed by atoms with Crippen LogP contribution in [0.15, 0.2) is 41.1 Å². The monoisotopic (exact) mass is 476 g/mol. The Hall–Kier alpha value is -0.980. The van der Waals surface area contributed by atoms with Gasteiger partial charge in [-0.2, -0.15) is 0 Å². The molecule has 2 aliphatic rings. The van der Waals surface area contributed by atoms with Crippen LogP contribution in [-0.4, -0.2) is 66.8 Å². The maximum absolute atomic E-state index is 5.18. The van der Waals surface area contributed by atoms with Crippen LogP contribution in [0.4, 0.5) is 5.69 Å². The number of hydrogen-bond acceptors (Lipinski definition) is 5. The van der Waals surface area contributed by atoms with Crippen LogP contribution in [0.2, 0.25) is 0 Å². The normalized spacial score (nSPS) is 18.7. The van der Waals surface area contributed by atoms with E-state index < -0.39 is 0 Å². The lowest BCUT2D eigenvalue weighted by Crippen LogP contribution is -2.50. The molecular weight excluding hydrogens is 443 g/mol. The van der Waals surface area contributed by atoms with Crippen molar-refractivity contribution in [3.63, 3.8) is 0 Å². The highest BCUT2D eigenvalue weighted by atomic mass is 35.5. The molecule has 2 heterocycles. The fourth-order valence-corrected chi connectivity index (χ4v) is 4.53. The van der Waals surface area contributed by atoms with Gasteiger partial charge in [-0.1, -0.05) is 30.3 Å². The van der Waals surface area contributed by atoms with E-state index in [9.17, 15) is 0 Å². The summed E-state index contributed by atoms with van der Waals surface area (Å²) in [4.78, 5) is 7.85. The number of rotatable bonds is 7. The molecule has 1 atom stereocenters. The van der Waals surface area contributed by atoms with Gasteiger partial charge in [-0.05, 0) is 44.4 Å². The van der Waals surface area contributed by atoms with Gasteiger partial charge >= 0.3 is 0 Å². The topological polar surface area (TPSA) is 35.8 Å². The Balaban J connectivity index is 0.00000150. The van der Waals surface area contributed by atoms with E-state index in [1.54, 1.807) is 0 Å². The molecule has 0 saturated carbocycles. The second-order valence-electron chi connectivity index (χ2n) is 7.88. The van der Waals surface area contributed by atoms with Gasteiger partial charge in [-0.15, -0.1) is 37.2 Å². The lowest BCUT2D eigenvalue weighted by Gasteiger charge is -2.39. The van der Waals surface area contributed by atoms with Gasteiger partial charge < -0.3 is 9.42 Å². The first-order valence-electron chi connectivity index (χ1n) is 10.5. The first-order chi connectivity index (χ1) is 13.3. The molecule has 1 saturated heterocycles. The van der Waals surface area contributed by atoms with Crippen molar-refractivity contribution in [2.75, 3.05) is 50.7 Å². The number of benzene rings is 1. The van der Waals surface area contributed by atoms with Gasteiger partial charge in [0.15, 0.2) is 0 Å². The number of halogens is 3. The Kier molecular flexibility index (Phi) is 12.1. The number of anilines is 1. The predicted molar refractivity (Wildman–Crippen MR) is 131 cm³/mol. The molecule has 2 aromatic rings. The molecule has 1 aromatic heterocycles. The molecule has 1 unspecified atom stereocenters. The Labute approximate surface area is 199 Å². The summed E-state index contributed by atoms with van der Waals surface area (Å²) in [7, 11) is 0. The van der Waals surface area contributed by atoms with E-state index in [-0.39, 0.29) is 37.2 Å². The molecule has 5 nitrogen and oxygen atoms in total. The number of aryl methyl sites for hydroxylation is 1. The smallest absolute Gasteiger partial charge is 0.127 e. The zero-order chi connectivity index (χ0) is 18.5. The molecule has 1 aliphatic carbocycles. The van der Waals surface area contributed by atoms with Gasteiger partial charge in [0.05, 0.1) is 5.69 Å². The van der Waals surface area contributed by atoms with E-state index in [0.29, 0.717) is 6.04 Å². The highest BCUT2D eigenvalue weighted by Crippen LogP contribution is 2.24. The Morgan fingerprint density at radius 3 is 2.47 bits per heavy atom. The molecule has 0 spiro atoms. The third-order valence-electron chi connectivity index (χ3n) is 6.12. The lowest BCUT2D eigenvalue weighted by atomic mass is 9.92. The van der Waals surface area contributed by atoms with E-state index in [0.717, 1.165) is 39.0 Å². The third-order valence-corrected chi connectivity index (χ3v) is 6.12. The summed E-state index contributed by atoms with van der Waals surface area (Å²) in [6.45, 7) is 10.4. The fourth-order valence-electron chi connectivity index (χ4n) is 4.53. The van der Waals surface area contributed by atoms with E-state index in [4.69, 9.17) is 4.52 Å². The van der Waals surface area contributed by atoms with Crippen LogP contribution in [-0.2, 0) is 12.8 Å². The van der Waals surface area contributed by atoms with E-state index in [2.05, 4.69) is 57.1 Å². The molecular formula is C22H35Cl3N4O. The standard InChI is InChI=1S/C22H32N4O.3ClH/c1-2-10-25(21-8-9-22-19(17-21)18-27-23-22)14-11-24-12-15-26(16-13-24)20-6-4-3-5-7-20;;;/h3-7,18,21H,2,8-17H2,1H3;3*1H. The number of piperazine rings is 1. The largest absolute Gasteiger partial charge is 0.369 e. The van der Waals surface area contributed by atoms with Crippen molar-refractivity contribution in [2.45, 2.75) is 38.6 Å². The van der Waals surface area contributed by atoms with E-state index in [1.165, 1.54) is 49.4 Å². The van der Waals surface area contributed by atoms with Crippen LogP contribution in [0.3, 0.4) is 0 Å². The number of nitrogens with zero attached hydrogens (tertiary/aromatic N) is 4. The van der Waals surface area contributed by atoms with Crippen molar-refractivity contribution in [3.8, 4) is 0 Å². The summed E-state index contributed by atoms with van der Waals surface area (Å²) in [5.74, 6) is 0. The Bertz CT molecular complexity index is 707. The highest BCUT2D eigenvalue weighted by Gasteiger charge is 2.26.